The normalized spacial score (nSPS) is 11.3. The number of carbonyl (C=O) groups excluding carboxylic acids is 1. The summed E-state index contributed by atoms with van der Waals surface area (Å²) in [6, 6.07) is 10.4. The third-order valence-corrected chi connectivity index (χ3v) is 5.99. The van der Waals surface area contributed by atoms with Crippen LogP contribution in [0.1, 0.15) is 21.5 Å². The van der Waals surface area contributed by atoms with Crippen molar-refractivity contribution in [1.82, 2.24) is 19.9 Å². The molecule has 0 radical (unpaired) electrons. The Kier molecular flexibility index (Phi) is 5.35. The number of amides is 1. The summed E-state index contributed by atoms with van der Waals surface area (Å²) in [6.45, 7) is 2.03. The van der Waals surface area contributed by atoms with Gasteiger partial charge in [-0.2, -0.15) is 0 Å². The maximum absolute atomic E-state index is 12.3. The molecule has 8 nitrogen and oxygen atoms in total. The van der Waals surface area contributed by atoms with Crippen molar-refractivity contribution in [1.29, 1.82) is 0 Å². The second-order valence-corrected chi connectivity index (χ2v) is 8.29. The summed E-state index contributed by atoms with van der Waals surface area (Å²) < 4.78 is 26.8. The molecule has 1 aromatic carbocycles. The molecule has 2 heterocycles. The van der Waals surface area contributed by atoms with Crippen LogP contribution in [0.25, 0.3) is 0 Å². The fourth-order valence-corrected chi connectivity index (χ4v) is 3.94. The van der Waals surface area contributed by atoms with Gasteiger partial charge in [0, 0.05) is 24.5 Å². The average molecular weight is 389 g/mol. The molecule has 10 heteroatoms. The Morgan fingerprint density at radius 3 is 2.46 bits per heavy atom. The molecule has 3 rings (SSSR count). The third kappa shape index (κ3) is 4.48. The van der Waals surface area contributed by atoms with Crippen molar-refractivity contribution < 1.29 is 13.2 Å². The number of benzene rings is 1. The molecule has 0 saturated heterocycles. The van der Waals surface area contributed by atoms with Crippen molar-refractivity contribution in [2.45, 2.75) is 17.8 Å². The highest BCUT2D eigenvalue weighted by Crippen LogP contribution is 2.20. The molecule has 2 N–H and O–H groups in total. The number of aryl methyl sites for hydroxylation is 1. The van der Waals surface area contributed by atoms with Crippen LogP contribution in [0.5, 0.6) is 0 Å². The lowest BCUT2D eigenvalue weighted by molar-refractivity contribution is 0.102. The number of nitrogens with one attached hydrogen (secondary N) is 2. The highest BCUT2D eigenvalue weighted by molar-refractivity contribution is 7.91. The van der Waals surface area contributed by atoms with Gasteiger partial charge in [-0.3, -0.25) is 15.1 Å². The van der Waals surface area contributed by atoms with E-state index in [0.717, 1.165) is 22.5 Å². The van der Waals surface area contributed by atoms with E-state index in [4.69, 9.17) is 0 Å². The molecular weight excluding hydrogens is 374 g/mol. The predicted molar refractivity (Wildman–Crippen MR) is 97.3 cm³/mol. The van der Waals surface area contributed by atoms with Crippen LogP contribution in [0.15, 0.2) is 53.1 Å². The van der Waals surface area contributed by atoms with Gasteiger partial charge < -0.3 is 0 Å². The first kappa shape index (κ1) is 18.1. The van der Waals surface area contributed by atoms with E-state index in [1.165, 1.54) is 0 Å². The van der Waals surface area contributed by atoms with Crippen LogP contribution in [-0.2, 0) is 16.6 Å². The van der Waals surface area contributed by atoms with Gasteiger partial charge in [0.25, 0.3) is 15.9 Å². The smallest absolute Gasteiger partial charge is 0.270 e. The fourth-order valence-electron chi connectivity index (χ4n) is 1.98. The first-order valence-electron chi connectivity index (χ1n) is 7.54. The summed E-state index contributed by atoms with van der Waals surface area (Å²) in [5, 5.41) is 10.0. The molecule has 3 aromatic rings. The number of hydrogen-bond acceptors (Lipinski definition) is 7. The molecular formula is C16H15N5O3S2. The Balaban J connectivity index is 1.66. The maximum Gasteiger partial charge on any atom is 0.270 e. The SMILES string of the molecule is Cc1ccc(C(=O)Nc2nnc(S(=O)(=O)NCc3ccncc3)s2)cc1. The summed E-state index contributed by atoms with van der Waals surface area (Å²) in [5.41, 5.74) is 2.25. The molecule has 0 unspecified atom stereocenters. The first-order valence-corrected chi connectivity index (χ1v) is 9.84. The van der Waals surface area contributed by atoms with Crippen LogP contribution in [0, 0.1) is 6.92 Å². The van der Waals surface area contributed by atoms with Crippen molar-refractivity contribution >= 4 is 32.4 Å². The Labute approximate surface area is 154 Å². The summed E-state index contributed by atoms with van der Waals surface area (Å²) in [7, 11) is -3.82. The van der Waals surface area contributed by atoms with Crippen LogP contribution in [0.3, 0.4) is 0 Å². The van der Waals surface area contributed by atoms with Gasteiger partial charge in [-0.25, -0.2) is 13.1 Å². The summed E-state index contributed by atoms with van der Waals surface area (Å²) >= 11 is 0.784. The zero-order chi connectivity index (χ0) is 18.6. The monoisotopic (exact) mass is 389 g/mol. The number of pyridine rings is 1. The number of aromatic nitrogens is 3. The standard InChI is InChI=1S/C16H15N5O3S2/c1-11-2-4-13(5-3-11)14(22)19-15-20-21-16(25-15)26(23,24)18-10-12-6-8-17-9-7-12/h2-9,18H,10H2,1H3,(H,19,20,22). The highest BCUT2D eigenvalue weighted by Gasteiger charge is 2.21. The molecule has 0 spiro atoms. The lowest BCUT2D eigenvalue weighted by atomic mass is 10.1. The Morgan fingerprint density at radius 1 is 1.08 bits per heavy atom. The van der Waals surface area contributed by atoms with Crippen LogP contribution in [0.4, 0.5) is 5.13 Å². The minimum absolute atomic E-state index is 0.107. The minimum atomic E-state index is -3.82. The molecule has 0 aliphatic carbocycles. The van der Waals surface area contributed by atoms with Crippen molar-refractivity contribution in [3.63, 3.8) is 0 Å². The number of nitrogens with zero attached hydrogens (tertiary/aromatic N) is 3. The fraction of sp³-hybridized carbons (Fsp3) is 0.125. The molecule has 0 aliphatic heterocycles. The van der Waals surface area contributed by atoms with Crippen molar-refractivity contribution in [3.05, 3.63) is 65.5 Å². The maximum atomic E-state index is 12.3. The largest absolute Gasteiger partial charge is 0.296 e. The van der Waals surface area contributed by atoms with E-state index in [-0.39, 0.29) is 21.9 Å². The molecule has 134 valence electrons. The van der Waals surface area contributed by atoms with E-state index in [2.05, 4.69) is 25.2 Å². The van der Waals surface area contributed by atoms with E-state index in [9.17, 15) is 13.2 Å². The van der Waals surface area contributed by atoms with Gasteiger partial charge in [0.15, 0.2) is 0 Å². The molecule has 0 atom stereocenters. The highest BCUT2D eigenvalue weighted by atomic mass is 32.2. The topological polar surface area (TPSA) is 114 Å². The predicted octanol–water partition coefficient (Wildman–Crippen LogP) is 1.97. The second kappa shape index (κ2) is 7.68. The molecule has 0 saturated carbocycles. The number of sulfonamides is 1. The van der Waals surface area contributed by atoms with Gasteiger partial charge in [0.1, 0.15) is 0 Å². The third-order valence-electron chi connectivity index (χ3n) is 3.39. The molecule has 0 bridgehead atoms. The Morgan fingerprint density at radius 2 is 1.77 bits per heavy atom. The van der Waals surface area contributed by atoms with E-state index in [1.807, 2.05) is 19.1 Å². The van der Waals surface area contributed by atoms with E-state index < -0.39 is 10.0 Å². The molecule has 2 aromatic heterocycles. The van der Waals surface area contributed by atoms with Crippen molar-refractivity contribution in [2.75, 3.05) is 5.32 Å². The van der Waals surface area contributed by atoms with Gasteiger partial charge in [-0.15, -0.1) is 10.2 Å². The molecule has 0 aliphatic rings. The van der Waals surface area contributed by atoms with Crippen LogP contribution in [-0.4, -0.2) is 29.5 Å². The Hall–Kier alpha value is -2.69. The average Bonchev–Trinajstić information content (AvgIpc) is 3.11. The molecule has 1 amide bonds. The number of hydrogen-bond donors (Lipinski definition) is 2. The summed E-state index contributed by atoms with van der Waals surface area (Å²) in [5.74, 6) is -0.380. The van der Waals surface area contributed by atoms with Gasteiger partial charge in [-0.05, 0) is 36.8 Å². The number of rotatable bonds is 6. The summed E-state index contributed by atoms with van der Waals surface area (Å²) in [6.07, 6.45) is 3.15. The minimum Gasteiger partial charge on any atom is -0.296 e. The lowest BCUT2D eigenvalue weighted by Gasteiger charge is -2.03. The zero-order valence-corrected chi connectivity index (χ0v) is 15.3. The Bertz CT molecular complexity index is 1000. The van der Waals surface area contributed by atoms with Gasteiger partial charge in [0.2, 0.25) is 9.47 Å². The van der Waals surface area contributed by atoms with Crippen molar-refractivity contribution in [3.8, 4) is 0 Å². The molecule has 26 heavy (non-hydrogen) atoms. The van der Waals surface area contributed by atoms with Gasteiger partial charge >= 0.3 is 0 Å². The van der Waals surface area contributed by atoms with Gasteiger partial charge in [0.05, 0.1) is 0 Å². The molecule has 0 fully saturated rings. The van der Waals surface area contributed by atoms with E-state index in [1.54, 1.807) is 36.7 Å². The number of carbonyl (C=O) groups is 1. The van der Waals surface area contributed by atoms with Crippen LogP contribution < -0.4 is 10.0 Å². The van der Waals surface area contributed by atoms with Crippen molar-refractivity contribution in [2.24, 2.45) is 0 Å². The van der Waals surface area contributed by atoms with Gasteiger partial charge in [-0.1, -0.05) is 29.0 Å². The zero-order valence-electron chi connectivity index (χ0n) is 13.7. The lowest BCUT2D eigenvalue weighted by Crippen LogP contribution is -2.23. The quantitative estimate of drug-likeness (QED) is 0.623. The van der Waals surface area contributed by atoms with E-state index in [0.29, 0.717) is 5.56 Å². The second-order valence-electron chi connectivity index (χ2n) is 5.37. The van der Waals surface area contributed by atoms with Crippen LogP contribution >= 0.6 is 11.3 Å². The van der Waals surface area contributed by atoms with Crippen LogP contribution in [0.2, 0.25) is 0 Å². The first-order chi connectivity index (χ1) is 12.4. The number of anilines is 1. The van der Waals surface area contributed by atoms with E-state index >= 15 is 0 Å². The summed E-state index contributed by atoms with van der Waals surface area (Å²) in [4.78, 5) is 16.0.